The predicted octanol–water partition coefficient (Wildman–Crippen LogP) is 3.07. The molecular weight excluding hydrogens is 302 g/mol. The highest BCUT2D eigenvalue weighted by atomic mass is 16.2. The molecule has 5 heteroatoms. The van der Waals surface area contributed by atoms with Gasteiger partial charge in [0.1, 0.15) is 0 Å². The molecule has 2 aromatic carbocycles. The lowest BCUT2D eigenvalue weighted by Crippen LogP contribution is -2.27. The largest absolute Gasteiger partial charge is 0.399 e. The maximum absolute atomic E-state index is 12.4. The van der Waals surface area contributed by atoms with Crippen molar-refractivity contribution in [2.75, 3.05) is 24.1 Å². The minimum absolute atomic E-state index is 0.0595. The van der Waals surface area contributed by atoms with Crippen LogP contribution < -0.4 is 11.1 Å². The molecule has 124 valence electrons. The molecule has 1 saturated heterocycles. The number of carbonyl (C=O) groups excluding carboxylic acids is 2. The number of amides is 2. The van der Waals surface area contributed by atoms with Crippen LogP contribution >= 0.6 is 0 Å². The molecule has 0 saturated carbocycles. The van der Waals surface area contributed by atoms with E-state index >= 15 is 0 Å². The van der Waals surface area contributed by atoms with Crippen LogP contribution in [0.15, 0.2) is 42.5 Å². The van der Waals surface area contributed by atoms with Gasteiger partial charge in [0.2, 0.25) is 0 Å². The van der Waals surface area contributed by atoms with Gasteiger partial charge in [0.15, 0.2) is 0 Å². The molecule has 2 aromatic rings. The molecule has 0 unspecified atom stereocenters. The molecule has 24 heavy (non-hydrogen) atoms. The van der Waals surface area contributed by atoms with Gasteiger partial charge in [-0.15, -0.1) is 0 Å². The van der Waals surface area contributed by atoms with Gasteiger partial charge in [0.05, 0.1) is 0 Å². The maximum Gasteiger partial charge on any atom is 0.255 e. The van der Waals surface area contributed by atoms with E-state index in [1.165, 1.54) is 0 Å². The number of nitrogen functional groups attached to an aromatic ring is 1. The Morgan fingerprint density at radius 2 is 1.79 bits per heavy atom. The Hall–Kier alpha value is -2.82. The highest BCUT2D eigenvalue weighted by Gasteiger charge is 2.20. The summed E-state index contributed by atoms with van der Waals surface area (Å²) < 4.78 is 0. The summed E-state index contributed by atoms with van der Waals surface area (Å²) in [6, 6.07) is 12.2. The van der Waals surface area contributed by atoms with Crippen LogP contribution in [0.5, 0.6) is 0 Å². The van der Waals surface area contributed by atoms with Crippen LogP contribution in [-0.2, 0) is 0 Å². The van der Waals surface area contributed by atoms with Gasteiger partial charge in [0.25, 0.3) is 11.8 Å². The van der Waals surface area contributed by atoms with Gasteiger partial charge in [-0.2, -0.15) is 0 Å². The molecule has 0 aliphatic carbocycles. The van der Waals surface area contributed by atoms with Crippen LogP contribution in [0.4, 0.5) is 11.4 Å². The maximum atomic E-state index is 12.4. The van der Waals surface area contributed by atoms with Gasteiger partial charge in [-0.1, -0.05) is 6.07 Å². The fourth-order valence-corrected chi connectivity index (χ4v) is 2.91. The molecule has 0 atom stereocenters. The van der Waals surface area contributed by atoms with Crippen molar-refractivity contribution in [3.63, 3.8) is 0 Å². The number of nitrogens with two attached hydrogens (primary N) is 1. The Labute approximate surface area is 141 Å². The van der Waals surface area contributed by atoms with E-state index in [1.807, 2.05) is 17.9 Å². The number of carbonyl (C=O) groups is 2. The van der Waals surface area contributed by atoms with E-state index < -0.39 is 0 Å². The SMILES string of the molecule is Cc1cc(C(=O)N2CCCC2)ccc1NC(=O)c1cccc(N)c1. The molecule has 5 nitrogen and oxygen atoms in total. The van der Waals surface area contributed by atoms with Gasteiger partial charge >= 0.3 is 0 Å². The zero-order valence-corrected chi connectivity index (χ0v) is 13.7. The van der Waals surface area contributed by atoms with Gasteiger partial charge in [0, 0.05) is 35.6 Å². The second-order valence-corrected chi connectivity index (χ2v) is 6.11. The van der Waals surface area contributed by atoms with Crippen molar-refractivity contribution in [2.45, 2.75) is 19.8 Å². The number of hydrogen-bond donors (Lipinski definition) is 2. The van der Waals surface area contributed by atoms with Gasteiger partial charge in [-0.25, -0.2) is 0 Å². The van der Waals surface area contributed by atoms with Crippen molar-refractivity contribution in [1.82, 2.24) is 4.90 Å². The van der Waals surface area contributed by atoms with Crippen LogP contribution in [0, 0.1) is 6.92 Å². The lowest BCUT2D eigenvalue weighted by molar-refractivity contribution is 0.0792. The number of likely N-dealkylation sites (tertiary alicyclic amines) is 1. The number of benzene rings is 2. The predicted molar refractivity (Wildman–Crippen MR) is 95.1 cm³/mol. The molecule has 0 bridgehead atoms. The van der Waals surface area contributed by atoms with Crippen LogP contribution in [0.3, 0.4) is 0 Å². The number of rotatable bonds is 3. The monoisotopic (exact) mass is 323 g/mol. The van der Waals surface area contributed by atoms with Gasteiger partial charge < -0.3 is 16.0 Å². The quantitative estimate of drug-likeness (QED) is 0.852. The summed E-state index contributed by atoms with van der Waals surface area (Å²) in [6.45, 7) is 3.54. The van der Waals surface area contributed by atoms with Crippen molar-refractivity contribution in [2.24, 2.45) is 0 Å². The third-order valence-electron chi connectivity index (χ3n) is 4.26. The topological polar surface area (TPSA) is 75.4 Å². The van der Waals surface area contributed by atoms with Crippen LogP contribution in [0.1, 0.15) is 39.1 Å². The minimum Gasteiger partial charge on any atom is -0.399 e. The van der Waals surface area contributed by atoms with E-state index in [9.17, 15) is 9.59 Å². The first-order chi connectivity index (χ1) is 11.5. The summed E-state index contributed by atoms with van der Waals surface area (Å²) in [5, 5.41) is 2.87. The average molecular weight is 323 g/mol. The van der Waals surface area contributed by atoms with Crippen LogP contribution in [-0.4, -0.2) is 29.8 Å². The number of nitrogens with one attached hydrogen (secondary N) is 1. The van der Waals surface area contributed by atoms with E-state index in [-0.39, 0.29) is 11.8 Å². The first-order valence-electron chi connectivity index (χ1n) is 8.11. The van der Waals surface area contributed by atoms with Gasteiger partial charge in [-0.3, -0.25) is 9.59 Å². The second-order valence-electron chi connectivity index (χ2n) is 6.11. The Morgan fingerprint density at radius 1 is 1.04 bits per heavy atom. The summed E-state index contributed by atoms with van der Waals surface area (Å²) in [5.41, 5.74) is 8.98. The molecular formula is C19H21N3O2. The normalized spacial score (nSPS) is 13.8. The third-order valence-corrected chi connectivity index (χ3v) is 4.26. The zero-order valence-electron chi connectivity index (χ0n) is 13.7. The number of hydrogen-bond acceptors (Lipinski definition) is 3. The number of aryl methyl sites for hydroxylation is 1. The molecule has 3 rings (SSSR count). The van der Waals surface area contributed by atoms with E-state index in [0.717, 1.165) is 31.5 Å². The van der Waals surface area contributed by atoms with Crippen molar-refractivity contribution in [3.8, 4) is 0 Å². The van der Waals surface area contributed by atoms with Crippen molar-refractivity contribution >= 4 is 23.2 Å². The van der Waals surface area contributed by atoms with Crippen molar-refractivity contribution in [3.05, 3.63) is 59.2 Å². The first kappa shape index (κ1) is 16.1. The molecule has 1 heterocycles. The summed E-state index contributed by atoms with van der Waals surface area (Å²) in [4.78, 5) is 26.6. The smallest absolute Gasteiger partial charge is 0.255 e. The molecule has 0 spiro atoms. The summed E-state index contributed by atoms with van der Waals surface area (Å²) in [6.07, 6.45) is 2.14. The Bertz CT molecular complexity index is 780. The van der Waals surface area contributed by atoms with E-state index in [4.69, 9.17) is 5.73 Å². The number of anilines is 2. The first-order valence-corrected chi connectivity index (χ1v) is 8.11. The minimum atomic E-state index is -0.219. The highest BCUT2D eigenvalue weighted by Crippen LogP contribution is 2.20. The van der Waals surface area contributed by atoms with E-state index in [1.54, 1.807) is 36.4 Å². The molecule has 0 radical (unpaired) electrons. The van der Waals surface area contributed by atoms with Crippen molar-refractivity contribution in [1.29, 1.82) is 0 Å². The van der Waals surface area contributed by atoms with E-state index in [0.29, 0.717) is 22.5 Å². The van der Waals surface area contributed by atoms with Crippen molar-refractivity contribution < 1.29 is 9.59 Å². The van der Waals surface area contributed by atoms with Crippen LogP contribution in [0.2, 0.25) is 0 Å². The molecule has 2 amide bonds. The third kappa shape index (κ3) is 3.40. The zero-order chi connectivity index (χ0) is 17.1. The lowest BCUT2D eigenvalue weighted by atomic mass is 10.1. The Kier molecular flexibility index (Phi) is 4.51. The summed E-state index contributed by atoms with van der Waals surface area (Å²) >= 11 is 0. The molecule has 1 fully saturated rings. The Balaban J connectivity index is 1.75. The average Bonchev–Trinajstić information content (AvgIpc) is 3.10. The standard InChI is InChI=1S/C19H21N3O2/c1-13-11-15(19(24)22-9-2-3-10-22)7-8-17(13)21-18(23)14-5-4-6-16(20)12-14/h4-8,11-12H,2-3,9-10,20H2,1H3,(H,21,23). The lowest BCUT2D eigenvalue weighted by Gasteiger charge is -2.16. The fourth-order valence-electron chi connectivity index (χ4n) is 2.91. The molecule has 1 aliphatic rings. The van der Waals surface area contributed by atoms with E-state index in [2.05, 4.69) is 5.32 Å². The van der Waals surface area contributed by atoms with Gasteiger partial charge in [-0.05, 0) is 61.7 Å². The molecule has 1 aliphatic heterocycles. The Morgan fingerprint density at radius 3 is 2.46 bits per heavy atom. The molecule has 0 aromatic heterocycles. The number of nitrogens with zero attached hydrogens (tertiary/aromatic N) is 1. The van der Waals surface area contributed by atoms with Crippen LogP contribution in [0.25, 0.3) is 0 Å². The molecule has 3 N–H and O–H groups in total. The fraction of sp³-hybridized carbons (Fsp3) is 0.263. The summed E-state index contributed by atoms with van der Waals surface area (Å²) in [5.74, 6) is -0.159. The highest BCUT2D eigenvalue weighted by molar-refractivity contribution is 6.05. The summed E-state index contributed by atoms with van der Waals surface area (Å²) in [7, 11) is 0. The second kappa shape index (κ2) is 6.74.